The summed E-state index contributed by atoms with van der Waals surface area (Å²) in [6, 6.07) is 0.715. The molecule has 18 heavy (non-hydrogen) atoms. The summed E-state index contributed by atoms with van der Waals surface area (Å²) in [6.07, 6.45) is 9.85. The van der Waals surface area contributed by atoms with E-state index in [2.05, 4.69) is 15.2 Å². The van der Waals surface area contributed by atoms with Gasteiger partial charge in [0.05, 0.1) is 5.69 Å². The molecule has 0 amide bonds. The SMILES string of the molecule is Cn1cc(CN(CCCN)C2CCCCC2)nn1. The lowest BCUT2D eigenvalue weighted by Gasteiger charge is -2.33. The topological polar surface area (TPSA) is 60.0 Å². The quantitative estimate of drug-likeness (QED) is 0.828. The maximum Gasteiger partial charge on any atom is 0.0967 e. The van der Waals surface area contributed by atoms with E-state index in [1.165, 1.54) is 32.1 Å². The third kappa shape index (κ3) is 3.78. The summed E-state index contributed by atoms with van der Waals surface area (Å²) >= 11 is 0. The van der Waals surface area contributed by atoms with Crippen molar-refractivity contribution in [1.29, 1.82) is 0 Å². The molecular weight excluding hydrogens is 226 g/mol. The normalized spacial score (nSPS) is 17.5. The summed E-state index contributed by atoms with van der Waals surface area (Å²) in [6.45, 7) is 2.76. The Balaban J connectivity index is 1.94. The Hall–Kier alpha value is -0.940. The van der Waals surface area contributed by atoms with Crippen molar-refractivity contribution < 1.29 is 0 Å². The molecule has 0 aromatic carbocycles. The fourth-order valence-electron chi connectivity index (χ4n) is 2.81. The van der Waals surface area contributed by atoms with Crippen LogP contribution in [0.15, 0.2) is 6.20 Å². The molecule has 1 fully saturated rings. The molecule has 1 aliphatic carbocycles. The minimum Gasteiger partial charge on any atom is -0.330 e. The Morgan fingerprint density at radius 2 is 2.17 bits per heavy atom. The van der Waals surface area contributed by atoms with E-state index in [4.69, 9.17) is 5.73 Å². The molecule has 5 nitrogen and oxygen atoms in total. The highest BCUT2D eigenvalue weighted by Gasteiger charge is 2.21. The van der Waals surface area contributed by atoms with Crippen LogP contribution in [0.5, 0.6) is 0 Å². The highest BCUT2D eigenvalue weighted by atomic mass is 15.4. The Morgan fingerprint density at radius 3 is 2.78 bits per heavy atom. The van der Waals surface area contributed by atoms with Crippen molar-refractivity contribution in [2.45, 2.75) is 51.1 Å². The molecule has 0 aliphatic heterocycles. The van der Waals surface area contributed by atoms with Crippen LogP contribution in [0.1, 0.15) is 44.2 Å². The minimum atomic E-state index is 0.715. The van der Waals surface area contributed by atoms with Crippen molar-refractivity contribution in [1.82, 2.24) is 19.9 Å². The molecule has 1 heterocycles. The molecule has 0 spiro atoms. The van der Waals surface area contributed by atoms with Crippen molar-refractivity contribution in [3.63, 3.8) is 0 Å². The summed E-state index contributed by atoms with van der Waals surface area (Å²) in [5.41, 5.74) is 6.71. The average molecular weight is 251 g/mol. The van der Waals surface area contributed by atoms with Gasteiger partial charge in [-0.05, 0) is 25.8 Å². The molecule has 1 aromatic heterocycles. The van der Waals surface area contributed by atoms with Crippen LogP contribution >= 0.6 is 0 Å². The van der Waals surface area contributed by atoms with Crippen LogP contribution in [0.3, 0.4) is 0 Å². The zero-order valence-electron chi connectivity index (χ0n) is 11.4. The number of nitrogens with zero attached hydrogens (tertiary/aromatic N) is 4. The highest BCUT2D eigenvalue weighted by molar-refractivity contribution is 4.93. The Labute approximate surface area is 109 Å². The lowest BCUT2D eigenvalue weighted by Crippen LogP contribution is -2.37. The second kappa shape index (κ2) is 6.85. The monoisotopic (exact) mass is 251 g/mol. The largest absolute Gasteiger partial charge is 0.330 e. The summed E-state index contributed by atoms with van der Waals surface area (Å²) < 4.78 is 1.78. The van der Waals surface area contributed by atoms with Gasteiger partial charge in [0, 0.05) is 32.4 Å². The molecule has 0 unspecified atom stereocenters. The summed E-state index contributed by atoms with van der Waals surface area (Å²) in [4.78, 5) is 2.55. The van der Waals surface area contributed by atoms with Crippen molar-refractivity contribution in [3.05, 3.63) is 11.9 Å². The third-order valence-electron chi connectivity index (χ3n) is 3.76. The van der Waals surface area contributed by atoms with Crippen molar-refractivity contribution in [3.8, 4) is 0 Å². The van der Waals surface area contributed by atoms with E-state index in [9.17, 15) is 0 Å². The first kappa shape index (κ1) is 13.5. The summed E-state index contributed by atoms with van der Waals surface area (Å²) in [5.74, 6) is 0. The van der Waals surface area contributed by atoms with Gasteiger partial charge in [-0.15, -0.1) is 5.10 Å². The fourth-order valence-corrected chi connectivity index (χ4v) is 2.81. The summed E-state index contributed by atoms with van der Waals surface area (Å²) in [5, 5.41) is 8.21. The molecule has 1 saturated carbocycles. The molecule has 1 aromatic rings. The molecule has 5 heteroatoms. The van der Waals surface area contributed by atoms with Gasteiger partial charge >= 0.3 is 0 Å². The molecule has 0 atom stereocenters. The van der Waals surface area contributed by atoms with Gasteiger partial charge in [-0.3, -0.25) is 9.58 Å². The Kier molecular flexibility index (Phi) is 5.13. The van der Waals surface area contributed by atoms with E-state index < -0.39 is 0 Å². The number of hydrogen-bond acceptors (Lipinski definition) is 4. The van der Waals surface area contributed by atoms with E-state index >= 15 is 0 Å². The maximum absolute atomic E-state index is 5.65. The van der Waals surface area contributed by atoms with Crippen LogP contribution in [0.25, 0.3) is 0 Å². The van der Waals surface area contributed by atoms with Crippen LogP contribution in [0.2, 0.25) is 0 Å². The van der Waals surface area contributed by atoms with E-state index in [0.717, 1.165) is 31.7 Å². The number of rotatable bonds is 6. The molecule has 0 bridgehead atoms. The van der Waals surface area contributed by atoms with Crippen molar-refractivity contribution in [2.75, 3.05) is 13.1 Å². The Bertz CT molecular complexity index is 343. The van der Waals surface area contributed by atoms with Gasteiger partial charge in [0.1, 0.15) is 0 Å². The van der Waals surface area contributed by atoms with Crippen molar-refractivity contribution in [2.24, 2.45) is 12.8 Å². The van der Waals surface area contributed by atoms with Crippen LogP contribution < -0.4 is 5.73 Å². The first-order chi connectivity index (χ1) is 8.79. The molecule has 2 N–H and O–H groups in total. The van der Waals surface area contributed by atoms with Gasteiger partial charge in [-0.25, -0.2) is 0 Å². The zero-order chi connectivity index (χ0) is 12.8. The third-order valence-corrected chi connectivity index (χ3v) is 3.76. The second-order valence-electron chi connectivity index (χ2n) is 5.29. The van der Waals surface area contributed by atoms with E-state index in [-0.39, 0.29) is 0 Å². The average Bonchev–Trinajstić information content (AvgIpc) is 2.81. The summed E-state index contributed by atoms with van der Waals surface area (Å²) in [7, 11) is 1.92. The van der Waals surface area contributed by atoms with Gasteiger partial charge < -0.3 is 5.73 Å². The van der Waals surface area contributed by atoms with E-state index in [1.807, 2.05) is 13.2 Å². The van der Waals surface area contributed by atoms with E-state index in [1.54, 1.807) is 4.68 Å². The second-order valence-corrected chi connectivity index (χ2v) is 5.29. The maximum atomic E-state index is 5.65. The van der Waals surface area contributed by atoms with Crippen LogP contribution in [0.4, 0.5) is 0 Å². The first-order valence-corrected chi connectivity index (χ1v) is 7.09. The number of nitrogens with two attached hydrogens (primary N) is 1. The predicted molar refractivity (Wildman–Crippen MR) is 72.0 cm³/mol. The first-order valence-electron chi connectivity index (χ1n) is 7.09. The molecular formula is C13H25N5. The van der Waals surface area contributed by atoms with Gasteiger partial charge in [0.2, 0.25) is 0 Å². The smallest absolute Gasteiger partial charge is 0.0967 e. The van der Waals surface area contributed by atoms with Crippen LogP contribution in [0, 0.1) is 0 Å². The molecule has 0 saturated heterocycles. The number of aryl methyl sites for hydroxylation is 1. The Morgan fingerprint density at radius 1 is 1.39 bits per heavy atom. The molecule has 102 valence electrons. The zero-order valence-corrected chi connectivity index (χ0v) is 11.4. The van der Waals surface area contributed by atoms with Gasteiger partial charge in [0.15, 0.2) is 0 Å². The lowest BCUT2D eigenvalue weighted by molar-refractivity contribution is 0.145. The van der Waals surface area contributed by atoms with Crippen molar-refractivity contribution >= 4 is 0 Å². The van der Waals surface area contributed by atoms with Gasteiger partial charge in [-0.2, -0.15) is 0 Å². The molecule has 0 radical (unpaired) electrons. The molecule has 2 rings (SSSR count). The molecule has 1 aliphatic rings. The van der Waals surface area contributed by atoms with Crippen LogP contribution in [-0.2, 0) is 13.6 Å². The lowest BCUT2D eigenvalue weighted by atomic mass is 9.94. The van der Waals surface area contributed by atoms with Crippen LogP contribution in [-0.4, -0.2) is 39.0 Å². The number of aromatic nitrogens is 3. The number of hydrogen-bond donors (Lipinski definition) is 1. The highest BCUT2D eigenvalue weighted by Crippen LogP contribution is 2.23. The fraction of sp³-hybridized carbons (Fsp3) is 0.846. The predicted octanol–water partition coefficient (Wildman–Crippen LogP) is 1.30. The van der Waals surface area contributed by atoms with Gasteiger partial charge in [0.25, 0.3) is 0 Å². The van der Waals surface area contributed by atoms with E-state index in [0.29, 0.717) is 6.04 Å². The standard InChI is InChI=1S/C13H25N5/c1-17-10-12(15-16-17)11-18(9-5-8-14)13-6-3-2-4-7-13/h10,13H,2-9,11,14H2,1H3. The minimum absolute atomic E-state index is 0.715. The van der Waals surface area contributed by atoms with Gasteiger partial charge in [-0.1, -0.05) is 24.5 Å².